The van der Waals surface area contributed by atoms with E-state index < -0.39 is 0 Å². The Morgan fingerprint density at radius 1 is 1.27 bits per heavy atom. The van der Waals surface area contributed by atoms with Gasteiger partial charge in [-0.15, -0.1) is 0 Å². The van der Waals surface area contributed by atoms with Crippen LogP contribution in [0.2, 0.25) is 0 Å². The van der Waals surface area contributed by atoms with Gasteiger partial charge in [-0.25, -0.2) is 0 Å². The van der Waals surface area contributed by atoms with Gasteiger partial charge in [-0.05, 0) is 25.7 Å². The summed E-state index contributed by atoms with van der Waals surface area (Å²) in [6.45, 7) is 3.53. The van der Waals surface area contributed by atoms with E-state index in [1.165, 1.54) is 12.8 Å². The number of rotatable bonds is 6. The Kier molecular flexibility index (Phi) is 3.83. The van der Waals surface area contributed by atoms with Crippen LogP contribution in [0.1, 0.15) is 49.2 Å². The minimum absolute atomic E-state index is 0.0677. The summed E-state index contributed by atoms with van der Waals surface area (Å²) in [5.74, 6) is 2.47. The van der Waals surface area contributed by atoms with Crippen molar-refractivity contribution in [2.45, 2.75) is 43.6 Å². The number of carbonyl (C=O) groups is 1. The van der Waals surface area contributed by atoms with Gasteiger partial charge in [-0.2, -0.15) is 4.98 Å². The maximum Gasteiger partial charge on any atom is 0.234 e. The molecule has 22 heavy (non-hydrogen) atoms. The standard InChI is InChI=1S/C15H22N4O3/c20-13(16-6-12-2-1-5-21-12)9-19-7-11(8-19)15-17-14(18-22-15)10-3-4-10/h10-12H,1-9H2,(H,16,20)/t12-/m0/s1. The van der Waals surface area contributed by atoms with Crippen molar-refractivity contribution in [2.24, 2.45) is 0 Å². The summed E-state index contributed by atoms with van der Waals surface area (Å²) in [6, 6.07) is 0. The average molecular weight is 306 g/mol. The van der Waals surface area contributed by atoms with E-state index in [1.807, 2.05) is 0 Å². The van der Waals surface area contributed by atoms with Crippen LogP contribution in [0.3, 0.4) is 0 Å². The zero-order valence-electron chi connectivity index (χ0n) is 12.7. The molecule has 7 nitrogen and oxygen atoms in total. The lowest BCUT2D eigenvalue weighted by Crippen LogP contribution is -2.50. The van der Waals surface area contributed by atoms with Gasteiger partial charge in [0.25, 0.3) is 0 Å². The quantitative estimate of drug-likeness (QED) is 0.831. The highest BCUT2D eigenvalue weighted by Gasteiger charge is 2.35. The number of hydrogen-bond donors (Lipinski definition) is 1. The molecule has 1 saturated carbocycles. The van der Waals surface area contributed by atoms with Crippen LogP contribution in [0, 0.1) is 0 Å². The summed E-state index contributed by atoms with van der Waals surface area (Å²) in [5, 5.41) is 6.99. The first kappa shape index (κ1) is 14.1. The molecule has 120 valence electrons. The lowest BCUT2D eigenvalue weighted by Gasteiger charge is -2.36. The molecular formula is C15H22N4O3. The van der Waals surface area contributed by atoms with Gasteiger partial charge >= 0.3 is 0 Å². The third kappa shape index (κ3) is 3.15. The van der Waals surface area contributed by atoms with Crippen LogP contribution >= 0.6 is 0 Å². The fourth-order valence-corrected chi connectivity index (χ4v) is 3.07. The molecule has 0 aromatic carbocycles. The van der Waals surface area contributed by atoms with Gasteiger partial charge in [0.2, 0.25) is 11.8 Å². The molecule has 2 saturated heterocycles. The Morgan fingerprint density at radius 2 is 2.14 bits per heavy atom. The second-order valence-electron chi connectivity index (χ2n) is 6.60. The van der Waals surface area contributed by atoms with Gasteiger partial charge in [0.1, 0.15) is 0 Å². The highest BCUT2D eigenvalue weighted by molar-refractivity contribution is 5.78. The average Bonchev–Trinajstić information content (AvgIpc) is 3.01. The molecule has 1 aromatic rings. The number of likely N-dealkylation sites (tertiary alicyclic amines) is 1. The van der Waals surface area contributed by atoms with Crippen LogP contribution in [0.15, 0.2) is 4.52 Å². The number of amides is 1. The largest absolute Gasteiger partial charge is 0.376 e. The number of ether oxygens (including phenoxy) is 1. The zero-order valence-corrected chi connectivity index (χ0v) is 12.7. The van der Waals surface area contributed by atoms with Gasteiger partial charge < -0.3 is 14.6 Å². The van der Waals surface area contributed by atoms with Crippen LogP contribution < -0.4 is 5.32 Å². The molecule has 1 N–H and O–H groups in total. The van der Waals surface area contributed by atoms with Crippen molar-refractivity contribution in [3.8, 4) is 0 Å². The second-order valence-corrected chi connectivity index (χ2v) is 6.60. The predicted octanol–water partition coefficient (Wildman–Crippen LogP) is 0.641. The number of aromatic nitrogens is 2. The van der Waals surface area contributed by atoms with Gasteiger partial charge in [0.15, 0.2) is 5.82 Å². The van der Waals surface area contributed by atoms with E-state index in [2.05, 4.69) is 20.4 Å². The molecule has 7 heteroatoms. The fraction of sp³-hybridized carbons (Fsp3) is 0.800. The lowest BCUT2D eigenvalue weighted by molar-refractivity contribution is -0.123. The first-order chi connectivity index (χ1) is 10.8. The van der Waals surface area contributed by atoms with E-state index in [0.29, 0.717) is 19.0 Å². The molecule has 0 bridgehead atoms. The monoisotopic (exact) mass is 306 g/mol. The van der Waals surface area contributed by atoms with Gasteiger partial charge in [0.05, 0.1) is 18.6 Å². The molecule has 3 aliphatic rings. The minimum atomic E-state index is 0.0677. The van der Waals surface area contributed by atoms with Crippen LogP contribution in [0.25, 0.3) is 0 Å². The lowest BCUT2D eigenvalue weighted by atomic mass is 10.0. The molecule has 0 radical (unpaired) electrons. The summed E-state index contributed by atoms with van der Waals surface area (Å²) in [4.78, 5) is 18.5. The Morgan fingerprint density at radius 3 is 2.86 bits per heavy atom. The molecule has 1 atom stereocenters. The smallest absolute Gasteiger partial charge is 0.234 e. The van der Waals surface area contributed by atoms with Gasteiger partial charge in [-0.1, -0.05) is 5.16 Å². The molecule has 3 fully saturated rings. The van der Waals surface area contributed by atoms with Crippen LogP contribution in [0.4, 0.5) is 0 Å². The van der Waals surface area contributed by atoms with Crippen molar-refractivity contribution in [3.05, 3.63) is 11.7 Å². The van der Waals surface area contributed by atoms with Crippen molar-refractivity contribution in [3.63, 3.8) is 0 Å². The molecular weight excluding hydrogens is 284 g/mol. The first-order valence-electron chi connectivity index (χ1n) is 8.22. The Balaban J connectivity index is 1.17. The van der Waals surface area contributed by atoms with Crippen molar-refractivity contribution >= 4 is 5.91 Å². The molecule has 0 spiro atoms. The molecule has 1 aromatic heterocycles. The number of carbonyl (C=O) groups excluding carboxylic acids is 1. The number of nitrogens with one attached hydrogen (secondary N) is 1. The molecule has 0 unspecified atom stereocenters. The highest BCUT2D eigenvalue weighted by atomic mass is 16.5. The maximum absolute atomic E-state index is 11.9. The van der Waals surface area contributed by atoms with E-state index >= 15 is 0 Å². The first-order valence-corrected chi connectivity index (χ1v) is 8.22. The van der Waals surface area contributed by atoms with Crippen LogP contribution in [-0.2, 0) is 9.53 Å². The molecule has 1 aliphatic carbocycles. The number of hydrogen-bond acceptors (Lipinski definition) is 6. The SMILES string of the molecule is O=C(CN1CC(c2nc(C3CC3)no2)C1)NC[C@@H]1CCCO1. The van der Waals surface area contributed by atoms with Crippen LogP contribution in [-0.4, -0.2) is 59.8 Å². The van der Waals surface area contributed by atoms with Crippen LogP contribution in [0.5, 0.6) is 0 Å². The van der Waals surface area contributed by atoms with Crippen molar-refractivity contribution < 1.29 is 14.1 Å². The summed E-state index contributed by atoms with van der Waals surface area (Å²) < 4.78 is 10.8. The normalized spacial score (nSPS) is 26.1. The third-order valence-electron chi connectivity index (χ3n) is 4.62. The van der Waals surface area contributed by atoms with E-state index in [9.17, 15) is 4.79 Å². The zero-order chi connectivity index (χ0) is 14.9. The van der Waals surface area contributed by atoms with Gasteiger partial charge in [-0.3, -0.25) is 9.69 Å². The fourth-order valence-electron chi connectivity index (χ4n) is 3.07. The van der Waals surface area contributed by atoms with Crippen molar-refractivity contribution in [2.75, 3.05) is 32.8 Å². The predicted molar refractivity (Wildman–Crippen MR) is 77.4 cm³/mol. The highest BCUT2D eigenvalue weighted by Crippen LogP contribution is 2.39. The van der Waals surface area contributed by atoms with Gasteiger partial charge in [0, 0.05) is 32.2 Å². The topological polar surface area (TPSA) is 80.5 Å². The minimum Gasteiger partial charge on any atom is -0.376 e. The summed E-state index contributed by atoms with van der Waals surface area (Å²) >= 11 is 0. The van der Waals surface area contributed by atoms with Crippen molar-refractivity contribution in [1.29, 1.82) is 0 Å². The summed E-state index contributed by atoms with van der Waals surface area (Å²) in [7, 11) is 0. The Bertz CT molecular complexity index is 531. The molecule has 1 amide bonds. The second kappa shape index (κ2) is 5.96. The van der Waals surface area contributed by atoms with E-state index in [1.54, 1.807) is 0 Å². The summed E-state index contributed by atoms with van der Waals surface area (Å²) in [5.41, 5.74) is 0. The molecule has 4 rings (SSSR count). The number of nitrogens with zero attached hydrogens (tertiary/aromatic N) is 3. The third-order valence-corrected chi connectivity index (χ3v) is 4.62. The Hall–Kier alpha value is -1.47. The maximum atomic E-state index is 11.9. The summed E-state index contributed by atoms with van der Waals surface area (Å²) in [6.07, 6.45) is 4.71. The Labute approximate surface area is 129 Å². The van der Waals surface area contributed by atoms with E-state index in [0.717, 1.165) is 44.3 Å². The van der Waals surface area contributed by atoms with Crippen molar-refractivity contribution in [1.82, 2.24) is 20.4 Å². The molecule has 3 heterocycles. The van der Waals surface area contributed by atoms with E-state index in [4.69, 9.17) is 9.26 Å². The molecule has 2 aliphatic heterocycles. The van der Waals surface area contributed by atoms with E-state index in [-0.39, 0.29) is 17.9 Å².